The van der Waals surface area contributed by atoms with Gasteiger partial charge in [-0.1, -0.05) is 24.3 Å². The molecule has 0 spiro atoms. The molecule has 3 aromatic rings. The number of para-hydroxylation sites is 2. The zero-order chi connectivity index (χ0) is 16.5. The molecular formula is C19H19N3O2. The summed E-state index contributed by atoms with van der Waals surface area (Å²) in [6.07, 6.45) is 3.83. The van der Waals surface area contributed by atoms with Gasteiger partial charge < -0.3 is 15.0 Å². The molecule has 5 nitrogen and oxygen atoms in total. The zero-order valence-electron chi connectivity index (χ0n) is 13.3. The summed E-state index contributed by atoms with van der Waals surface area (Å²) in [5.41, 5.74) is 3.99. The maximum Gasteiger partial charge on any atom is 0.222 e. The lowest BCUT2D eigenvalue weighted by Gasteiger charge is -2.14. The van der Waals surface area contributed by atoms with Crippen LogP contribution in [0.2, 0.25) is 0 Å². The Hall–Kier alpha value is -2.82. The number of rotatable bonds is 4. The molecule has 0 aliphatic heterocycles. The topological polar surface area (TPSA) is 67.2 Å². The Balaban J connectivity index is 1.41. The quantitative estimate of drug-likeness (QED) is 0.776. The first-order valence-corrected chi connectivity index (χ1v) is 8.22. The lowest BCUT2D eigenvalue weighted by atomic mass is 10.1. The summed E-state index contributed by atoms with van der Waals surface area (Å²) < 4.78 is 2.00. The molecule has 1 atom stereocenters. The molecule has 0 radical (unpaired) electrons. The van der Waals surface area contributed by atoms with E-state index >= 15 is 0 Å². The number of amides is 1. The van der Waals surface area contributed by atoms with Gasteiger partial charge in [-0.05, 0) is 42.2 Å². The Labute approximate surface area is 139 Å². The van der Waals surface area contributed by atoms with Crippen molar-refractivity contribution in [2.24, 2.45) is 0 Å². The number of benzene rings is 2. The number of fused-ring (bicyclic) bond motifs is 2. The molecule has 1 heterocycles. The monoisotopic (exact) mass is 321 g/mol. The zero-order valence-corrected chi connectivity index (χ0v) is 13.3. The number of carbonyl (C=O) groups is 1. The molecular weight excluding hydrogens is 302 g/mol. The van der Waals surface area contributed by atoms with Crippen molar-refractivity contribution in [3.63, 3.8) is 0 Å². The van der Waals surface area contributed by atoms with Crippen molar-refractivity contribution in [1.29, 1.82) is 0 Å². The minimum atomic E-state index is -0.000804. The summed E-state index contributed by atoms with van der Waals surface area (Å²) >= 11 is 0. The lowest BCUT2D eigenvalue weighted by Crippen LogP contribution is -2.27. The van der Waals surface area contributed by atoms with Crippen LogP contribution in [0.5, 0.6) is 5.75 Å². The molecule has 122 valence electrons. The van der Waals surface area contributed by atoms with Gasteiger partial charge in [-0.15, -0.1) is 0 Å². The Morgan fingerprint density at radius 3 is 3.04 bits per heavy atom. The highest BCUT2D eigenvalue weighted by molar-refractivity contribution is 5.78. The van der Waals surface area contributed by atoms with Crippen molar-refractivity contribution >= 4 is 16.9 Å². The normalized spacial score (nSPS) is 16.2. The van der Waals surface area contributed by atoms with Gasteiger partial charge in [-0.3, -0.25) is 4.79 Å². The molecule has 24 heavy (non-hydrogen) atoms. The van der Waals surface area contributed by atoms with Crippen molar-refractivity contribution in [3.05, 3.63) is 59.9 Å². The van der Waals surface area contributed by atoms with Gasteiger partial charge in [0.25, 0.3) is 0 Å². The van der Waals surface area contributed by atoms with Crippen LogP contribution in [0.15, 0.2) is 48.8 Å². The number of aromatic nitrogens is 2. The third kappa shape index (κ3) is 2.62. The van der Waals surface area contributed by atoms with Gasteiger partial charge in [0.1, 0.15) is 5.75 Å². The molecule has 0 fully saturated rings. The fraction of sp³-hybridized carbons (Fsp3) is 0.263. The fourth-order valence-electron chi connectivity index (χ4n) is 3.46. The summed E-state index contributed by atoms with van der Waals surface area (Å²) in [6, 6.07) is 13.4. The number of imidazole rings is 1. The number of nitrogens with zero attached hydrogens (tertiary/aromatic N) is 2. The highest BCUT2D eigenvalue weighted by Crippen LogP contribution is 2.36. The predicted molar refractivity (Wildman–Crippen MR) is 91.7 cm³/mol. The van der Waals surface area contributed by atoms with Crippen LogP contribution in [-0.4, -0.2) is 20.6 Å². The highest BCUT2D eigenvalue weighted by Gasteiger charge is 2.25. The molecule has 1 aromatic heterocycles. The molecule has 0 bridgehead atoms. The molecule has 0 unspecified atom stereocenters. The third-order valence-corrected chi connectivity index (χ3v) is 4.69. The average Bonchev–Trinajstić information content (AvgIpc) is 3.18. The van der Waals surface area contributed by atoms with Gasteiger partial charge in [-0.2, -0.15) is 0 Å². The van der Waals surface area contributed by atoms with Crippen LogP contribution in [0.3, 0.4) is 0 Å². The molecule has 1 amide bonds. The van der Waals surface area contributed by atoms with E-state index in [1.54, 1.807) is 12.4 Å². The molecule has 2 aromatic carbocycles. The SMILES string of the molecule is O=C(CCn1cnc2ccccc21)N[C@@H]1CCc2c(O)cccc21. The fourth-order valence-corrected chi connectivity index (χ4v) is 3.46. The number of aromatic hydroxyl groups is 1. The first-order valence-electron chi connectivity index (χ1n) is 8.22. The van der Waals surface area contributed by atoms with E-state index in [1.807, 2.05) is 41.0 Å². The van der Waals surface area contributed by atoms with Gasteiger partial charge in [0.2, 0.25) is 5.91 Å². The summed E-state index contributed by atoms with van der Waals surface area (Å²) in [4.78, 5) is 16.7. The third-order valence-electron chi connectivity index (χ3n) is 4.69. The average molecular weight is 321 g/mol. The van der Waals surface area contributed by atoms with Crippen LogP contribution in [0.25, 0.3) is 11.0 Å². The Bertz CT molecular complexity index is 901. The largest absolute Gasteiger partial charge is 0.508 e. The summed E-state index contributed by atoms with van der Waals surface area (Å²) in [5.74, 6) is 0.350. The van der Waals surface area contributed by atoms with Crippen LogP contribution in [0.1, 0.15) is 30.0 Å². The molecule has 2 N–H and O–H groups in total. The van der Waals surface area contributed by atoms with E-state index in [9.17, 15) is 9.90 Å². The molecule has 1 aliphatic rings. The second-order valence-electron chi connectivity index (χ2n) is 6.18. The lowest BCUT2D eigenvalue weighted by molar-refractivity contribution is -0.122. The maximum atomic E-state index is 12.3. The van der Waals surface area contributed by atoms with E-state index < -0.39 is 0 Å². The Morgan fingerprint density at radius 1 is 1.25 bits per heavy atom. The van der Waals surface area contributed by atoms with E-state index in [-0.39, 0.29) is 11.9 Å². The summed E-state index contributed by atoms with van der Waals surface area (Å²) in [7, 11) is 0. The van der Waals surface area contributed by atoms with E-state index in [2.05, 4.69) is 10.3 Å². The van der Waals surface area contributed by atoms with Crippen LogP contribution in [0.4, 0.5) is 0 Å². The number of hydrogen-bond donors (Lipinski definition) is 2. The smallest absolute Gasteiger partial charge is 0.222 e. The molecule has 0 saturated heterocycles. The van der Waals surface area contributed by atoms with E-state index in [4.69, 9.17) is 0 Å². The van der Waals surface area contributed by atoms with Gasteiger partial charge in [0.15, 0.2) is 0 Å². The van der Waals surface area contributed by atoms with Gasteiger partial charge in [0, 0.05) is 13.0 Å². The van der Waals surface area contributed by atoms with Gasteiger partial charge in [0.05, 0.1) is 23.4 Å². The first-order chi connectivity index (χ1) is 11.7. The minimum absolute atomic E-state index is 0.000804. The number of nitrogens with one attached hydrogen (secondary N) is 1. The molecule has 5 heteroatoms. The van der Waals surface area contributed by atoms with Crippen molar-refractivity contribution in [2.75, 3.05) is 0 Å². The van der Waals surface area contributed by atoms with E-state index in [1.165, 1.54) is 0 Å². The van der Waals surface area contributed by atoms with Crippen molar-refractivity contribution in [1.82, 2.24) is 14.9 Å². The molecule has 0 saturated carbocycles. The Kier molecular flexibility index (Phi) is 3.69. The number of carbonyl (C=O) groups excluding carboxylic acids is 1. The van der Waals surface area contributed by atoms with Crippen LogP contribution in [-0.2, 0) is 17.8 Å². The van der Waals surface area contributed by atoms with Gasteiger partial charge in [-0.25, -0.2) is 4.98 Å². The van der Waals surface area contributed by atoms with E-state index in [0.29, 0.717) is 18.7 Å². The second kappa shape index (κ2) is 6.00. The second-order valence-corrected chi connectivity index (χ2v) is 6.18. The summed E-state index contributed by atoms with van der Waals surface area (Å²) in [6.45, 7) is 0.603. The van der Waals surface area contributed by atoms with Crippen LogP contribution < -0.4 is 5.32 Å². The van der Waals surface area contributed by atoms with Crippen molar-refractivity contribution in [3.8, 4) is 5.75 Å². The minimum Gasteiger partial charge on any atom is -0.508 e. The van der Waals surface area contributed by atoms with Gasteiger partial charge >= 0.3 is 0 Å². The number of aryl methyl sites for hydroxylation is 1. The first kappa shape index (κ1) is 14.8. The number of hydrogen-bond acceptors (Lipinski definition) is 3. The maximum absolute atomic E-state index is 12.3. The van der Waals surface area contributed by atoms with Crippen molar-refractivity contribution < 1.29 is 9.90 Å². The number of phenols is 1. The van der Waals surface area contributed by atoms with E-state index in [0.717, 1.165) is 35.0 Å². The van der Waals surface area contributed by atoms with Crippen LogP contribution >= 0.6 is 0 Å². The molecule has 4 rings (SSSR count). The Morgan fingerprint density at radius 2 is 2.12 bits per heavy atom. The van der Waals surface area contributed by atoms with Crippen LogP contribution in [0, 0.1) is 0 Å². The standard InChI is InChI=1S/C19H19N3O2/c23-18-7-3-4-13-14(18)8-9-15(13)21-19(24)10-11-22-12-20-16-5-1-2-6-17(16)22/h1-7,12,15,23H,8-11H2,(H,21,24)/t15-/m1/s1. The number of phenolic OH excluding ortho intramolecular Hbond substituents is 1. The predicted octanol–water partition coefficient (Wildman–Crippen LogP) is 2.94. The summed E-state index contributed by atoms with van der Waals surface area (Å²) in [5, 5.41) is 13.0. The highest BCUT2D eigenvalue weighted by atomic mass is 16.3. The molecule has 1 aliphatic carbocycles. The van der Waals surface area contributed by atoms with Crippen molar-refractivity contribution in [2.45, 2.75) is 31.8 Å².